The van der Waals surface area contributed by atoms with Crippen molar-refractivity contribution in [3.05, 3.63) is 77.0 Å². The Labute approximate surface area is 188 Å². The Morgan fingerprint density at radius 2 is 2.09 bits per heavy atom. The standard InChI is InChI=1S/C23H23F2N5O3/c1-15(30-11-9-23(24,25)18(14-30)16-5-8-20(31)28-12-16)22(32)29-19-7-6-17(13-27-19)33-21-4-2-3-10-26-21/h2-8,10,12-13,15,18H,9,11,14H2,1H3,(H,28,31)(H,27,29,32)/t15?,18-/m1/s1. The minimum Gasteiger partial charge on any atom is -0.437 e. The summed E-state index contributed by atoms with van der Waals surface area (Å²) in [6, 6.07) is 10.5. The van der Waals surface area contributed by atoms with Crippen LogP contribution >= 0.6 is 0 Å². The number of carbonyl (C=O) groups is 1. The van der Waals surface area contributed by atoms with E-state index in [1.54, 1.807) is 48.4 Å². The summed E-state index contributed by atoms with van der Waals surface area (Å²) in [5, 5.41) is 2.71. The Kier molecular flexibility index (Phi) is 6.45. The zero-order chi connectivity index (χ0) is 23.4. The van der Waals surface area contributed by atoms with E-state index in [4.69, 9.17) is 4.74 Å². The second-order valence-corrected chi connectivity index (χ2v) is 7.86. The number of likely N-dealkylation sites (tertiary alicyclic amines) is 1. The molecule has 1 unspecified atom stereocenters. The molecule has 33 heavy (non-hydrogen) atoms. The lowest BCUT2D eigenvalue weighted by molar-refractivity contribution is -0.125. The van der Waals surface area contributed by atoms with Gasteiger partial charge in [0.25, 0.3) is 5.92 Å². The Bertz CT molecular complexity index is 1130. The maximum absolute atomic E-state index is 14.6. The van der Waals surface area contributed by atoms with E-state index in [2.05, 4.69) is 20.3 Å². The lowest BCUT2D eigenvalue weighted by atomic mass is 9.87. The molecule has 3 aromatic rings. The number of alkyl halides is 2. The molecule has 2 atom stereocenters. The predicted octanol–water partition coefficient (Wildman–Crippen LogP) is 3.41. The molecule has 1 aliphatic heterocycles. The van der Waals surface area contributed by atoms with Crippen LogP contribution in [0.25, 0.3) is 0 Å². The summed E-state index contributed by atoms with van der Waals surface area (Å²) in [4.78, 5) is 36.5. The van der Waals surface area contributed by atoms with Gasteiger partial charge in [-0.1, -0.05) is 12.1 Å². The number of hydrogen-bond donors (Lipinski definition) is 2. The van der Waals surface area contributed by atoms with Crippen molar-refractivity contribution in [2.45, 2.75) is 31.2 Å². The Hall–Kier alpha value is -3.66. The van der Waals surface area contributed by atoms with Crippen LogP contribution in [0, 0.1) is 0 Å². The molecule has 4 heterocycles. The van der Waals surface area contributed by atoms with Gasteiger partial charge in [0, 0.05) is 44.0 Å². The third kappa shape index (κ3) is 5.40. The summed E-state index contributed by atoms with van der Waals surface area (Å²) in [6.45, 7) is 1.73. The van der Waals surface area contributed by atoms with Crippen LogP contribution in [-0.4, -0.2) is 50.8 Å². The number of halogens is 2. The van der Waals surface area contributed by atoms with E-state index in [0.29, 0.717) is 23.0 Å². The molecule has 1 amide bonds. The fourth-order valence-electron chi connectivity index (χ4n) is 3.71. The number of pyridine rings is 3. The van der Waals surface area contributed by atoms with Crippen LogP contribution in [0.5, 0.6) is 11.6 Å². The van der Waals surface area contributed by atoms with Crippen molar-refractivity contribution in [1.82, 2.24) is 19.9 Å². The molecule has 2 N–H and O–H groups in total. The molecule has 10 heteroatoms. The van der Waals surface area contributed by atoms with Crippen LogP contribution in [0.1, 0.15) is 24.8 Å². The Morgan fingerprint density at radius 1 is 1.24 bits per heavy atom. The average Bonchev–Trinajstić information content (AvgIpc) is 2.81. The number of carbonyl (C=O) groups excluding carboxylic acids is 1. The van der Waals surface area contributed by atoms with Crippen LogP contribution in [0.3, 0.4) is 0 Å². The number of rotatable bonds is 6. The van der Waals surface area contributed by atoms with Gasteiger partial charge in [0.1, 0.15) is 11.6 Å². The number of aromatic amines is 1. The number of aromatic nitrogens is 3. The summed E-state index contributed by atoms with van der Waals surface area (Å²) >= 11 is 0. The van der Waals surface area contributed by atoms with Crippen molar-refractivity contribution in [2.75, 3.05) is 18.4 Å². The van der Waals surface area contributed by atoms with E-state index in [1.807, 2.05) is 0 Å². The lowest BCUT2D eigenvalue weighted by Crippen LogP contribution is -2.52. The van der Waals surface area contributed by atoms with Crippen molar-refractivity contribution in [3.63, 3.8) is 0 Å². The summed E-state index contributed by atoms with van der Waals surface area (Å²) in [7, 11) is 0. The molecule has 1 saturated heterocycles. The number of nitrogens with one attached hydrogen (secondary N) is 2. The summed E-state index contributed by atoms with van der Waals surface area (Å²) in [5.74, 6) is -3.22. The van der Waals surface area contributed by atoms with E-state index in [-0.39, 0.29) is 31.0 Å². The van der Waals surface area contributed by atoms with Crippen LogP contribution in [0.2, 0.25) is 0 Å². The summed E-state index contributed by atoms with van der Waals surface area (Å²) in [5.41, 5.74) is -0.0199. The zero-order valence-electron chi connectivity index (χ0n) is 17.9. The second kappa shape index (κ2) is 9.45. The number of H-pyrrole nitrogens is 1. The van der Waals surface area contributed by atoms with Crippen molar-refractivity contribution >= 4 is 11.7 Å². The zero-order valence-corrected chi connectivity index (χ0v) is 17.9. The van der Waals surface area contributed by atoms with E-state index >= 15 is 0 Å². The first-order chi connectivity index (χ1) is 15.8. The third-order valence-corrected chi connectivity index (χ3v) is 5.64. The van der Waals surface area contributed by atoms with Gasteiger partial charge in [-0.2, -0.15) is 0 Å². The molecule has 8 nitrogen and oxygen atoms in total. The van der Waals surface area contributed by atoms with Gasteiger partial charge in [-0.05, 0) is 30.7 Å². The van der Waals surface area contributed by atoms with Crippen molar-refractivity contribution in [2.24, 2.45) is 0 Å². The highest BCUT2D eigenvalue weighted by molar-refractivity contribution is 5.93. The highest BCUT2D eigenvalue weighted by Gasteiger charge is 2.46. The molecule has 0 aliphatic carbocycles. The van der Waals surface area contributed by atoms with Gasteiger partial charge < -0.3 is 15.0 Å². The number of piperidine rings is 1. The number of hydrogen-bond acceptors (Lipinski definition) is 6. The monoisotopic (exact) mass is 455 g/mol. The molecule has 0 aromatic carbocycles. The quantitative estimate of drug-likeness (QED) is 0.591. The first-order valence-corrected chi connectivity index (χ1v) is 10.5. The Morgan fingerprint density at radius 3 is 2.76 bits per heavy atom. The number of amides is 1. The lowest BCUT2D eigenvalue weighted by Gasteiger charge is -2.40. The van der Waals surface area contributed by atoms with Gasteiger partial charge in [0.05, 0.1) is 18.2 Å². The van der Waals surface area contributed by atoms with Crippen molar-refractivity contribution < 1.29 is 18.3 Å². The SMILES string of the molecule is CC(C(=O)Nc1ccc(Oc2ccccn2)cn1)N1CCC(F)(F)[C@@H](c2ccc(=O)[nH]c2)C1. The highest BCUT2D eigenvalue weighted by atomic mass is 19.3. The van der Waals surface area contributed by atoms with Crippen molar-refractivity contribution in [1.29, 1.82) is 0 Å². The molecule has 0 radical (unpaired) electrons. The van der Waals surface area contributed by atoms with Crippen molar-refractivity contribution in [3.8, 4) is 11.6 Å². The normalized spacial score (nSPS) is 18.9. The molecule has 3 aromatic heterocycles. The van der Waals surface area contributed by atoms with Gasteiger partial charge in [-0.25, -0.2) is 18.7 Å². The summed E-state index contributed by atoms with van der Waals surface area (Å²) in [6.07, 6.45) is 4.00. The number of nitrogens with zero attached hydrogens (tertiary/aromatic N) is 3. The largest absolute Gasteiger partial charge is 0.437 e. The predicted molar refractivity (Wildman–Crippen MR) is 118 cm³/mol. The van der Waals surface area contributed by atoms with Crippen LogP contribution in [0.15, 0.2) is 65.8 Å². The topological polar surface area (TPSA) is 100 Å². The summed E-state index contributed by atoms with van der Waals surface area (Å²) < 4.78 is 34.8. The first kappa shape index (κ1) is 22.5. The maximum atomic E-state index is 14.6. The van der Waals surface area contributed by atoms with Gasteiger partial charge in [-0.3, -0.25) is 14.5 Å². The first-order valence-electron chi connectivity index (χ1n) is 10.5. The molecule has 0 spiro atoms. The van der Waals surface area contributed by atoms with Gasteiger partial charge in [0.2, 0.25) is 17.3 Å². The molecule has 0 bridgehead atoms. The van der Waals surface area contributed by atoms with E-state index in [9.17, 15) is 18.4 Å². The van der Waals surface area contributed by atoms with E-state index in [1.165, 1.54) is 24.5 Å². The molecule has 1 aliphatic rings. The van der Waals surface area contributed by atoms with Gasteiger partial charge >= 0.3 is 0 Å². The average molecular weight is 455 g/mol. The third-order valence-electron chi connectivity index (χ3n) is 5.64. The second-order valence-electron chi connectivity index (χ2n) is 7.86. The molecule has 1 fully saturated rings. The number of ether oxygens (including phenoxy) is 1. The Balaban J connectivity index is 1.39. The van der Waals surface area contributed by atoms with E-state index < -0.39 is 17.9 Å². The molecular formula is C23H23F2N5O3. The molecule has 172 valence electrons. The van der Waals surface area contributed by atoms with E-state index in [0.717, 1.165) is 0 Å². The fourth-order valence-corrected chi connectivity index (χ4v) is 3.71. The highest BCUT2D eigenvalue weighted by Crippen LogP contribution is 2.40. The smallest absolute Gasteiger partial charge is 0.257 e. The molecule has 0 saturated carbocycles. The molecular weight excluding hydrogens is 432 g/mol. The number of anilines is 1. The van der Waals surface area contributed by atoms with Crippen LogP contribution < -0.4 is 15.6 Å². The maximum Gasteiger partial charge on any atom is 0.257 e. The van der Waals surface area contributed by atoms with Gasteiger partial charge in [-0.15, -0.1) is 0 Å². The van der Waals surface area contributed by atoms with Crippen LogP contribution in [-0.2, 0) is 4.79 Å². The fraction of sp³-hybridized carbons (Fsp3) is 0.304. The van der Waals surface area contributed by atoms with Gasteiger partial charge in [0.15, 0.2) is 0 Å². The molecule has 4 rings (SSSR count). The minimum absolute atomic E-state index is 0.0160. The van der Waals surface area contributed by atoms with Crippen LogP contribution in [0.4, 0.5) is 14.6 Å². The minimum atomic E-state index is -2.93.